The Morgan fingerprint density at radius 1 is 1.41 bits per heavy atom. The first-order valence-electron chi connectivity index (χ1n) is 5.80. The molecule has 0 aromatic carbocycles. The molecule has 5 nitrogen and oxygen atoms in total. The van der Waals surface area contributed by atoms with E-state index in [0.717, 1.165) is 25.9 Å². The number of methoxy groups -OCH3 is 1. The number of esters is 1. The third-order valence-electron chi connectivity index (χ3n) is 2.80. The lowest BCUT2D eigenvalue weighted by atomic mass is 10.4. The largest absolute Gasteiger partial charge is 0.468 e. The number of amides is 1. The van der Waals surface area contributed by atoms with Crippen molar-refractivity contribution in [2.75, 3.05) is 26.0 Å². The second-order valence-electron chi connectivity index (χ2n) is 4.14. The first kappa shape index (κ1) is 14.3. The number of ether oxygens (including phenoxy) is 1. The van der Waals surface area contributed by atoms with Crippen LogP contribution < -0.4 is 5.73 Å². The van der Waals surface area contributed by atoms with Crippen molar-refractivity contribution in [2.45, 2.75) is 31.1 Å². The SMILES string of the molecule is COC(=O)C(N)CSC(C)C(=O)N1CCCC1. The van der Waals surface area contributed by atoms with Crippen LogP contribution in [0.2, 0.25) is 0 Å². The molecule has 2 atom stereocenters. The lowest BCUT2D eigenvalue weighted by Crippen LogP contribution is -2.37. The molecule has 0 aromatic heterocycles. The van der Waals surface area contributed by atoms with Crippen molar-refractivity contribution in [1.82, 2.24) is 4.90 Å². The van der Waals surface area contributed by atoms with Crippen molar-refractivity contribution in [2.24, 2.45) is 5.73 Å². The number of nitrogens with two attached hydrogens (primary N) is 1. The van der Waals surface area contributed by atoms with Crippen molar-refractivity contribution in [3.63, 3.8) is 0 Å². The van der Waals surface area contributed by atoms with Gasteiger partial charge < -0.3 is 15.4 Å². The molecule has 0 spiro atoms. The van der Waals surface area contributed by atoms with E-state index in [1.165, 1.54) is 18.9 Å². The standard InChI is InChI=1S/C11H20N2O3S/c1-8(10(14)13-5-3-4-6-13)17-7-9(12)11(15)16-2/h8-9H,3-7,12H2,1-2H3. The highest BCUT2D eigenvalue weighted by molar-refractivity contribution is 8.00. The Balaban J connectivity index is 2.30. The number of carbonyl (C=O) groups excluding carboxylic acids is 2. The van der Waals surface area contributed by atoms with Crippen LogP contribution in [0.3, 0.4) is 0 Å². The summed E-state index contributed by atoms with van der Waals surface area (Å²) in [7, 11) is 1.31. The van der Waals surface area contributed by atoms with Crippen LogP contribution in [-0.4, -0.2) is 54.0 Å². The summed E-state index contributed by atoms with van der Waals surface area (Å²) in [4.78, 5) is 24.9. The first-order valence-corrected chi connectivity index (χ1v) is 6.85. The molecule has 2 N–H and O–H groups in total. The molecule has 98 valence electrons. The highest BCUT2D eigenvalue weighted by atomic mass is 32.2. The molecule has 1 heterocycles. The van der Waals surface area contributed by atoms with Crippen LogP contribution in [-0.2, 0) is 14.3 Å². The normalized spacial score (nSPS) is 18.9. The third-order valence-corrected chi connectivity index (χ3v) is 4.05. The maximum Gasteiger partial charge on any atom is 0.323 e. The molecule has 0 saturated carbocycles. The molecule has 1 aliphatic rings. The fraction of sp³-hybridized carbons (Fsp3) is 0.818. The topological polar surface area (TPSA) is 72.6 Å². The predicted molar refractivity (Wildman–Crippen MR) is 67.7 cm³/mol. The first-order chi connectivity index (χ1) is 8.06. The molecule has 1 rings (SSSR count). The van der Waals surface area contributed by atoms with Crippen molar-refractivity contribution in [3.8, 4) is 0 Å². The van der Waals surface area contributed by atoms with Crippen LogP contribution in [0.5, 0.6) is 0 Å². The van der Waals surface area contributed by atoms with Crippen LogP contribution in [0.1, 0.15) is 19.8 Å². The Bertz CT molecular complexity index is 280. The molecule has 1 saturated heterocycles. The monoisotopic (exact) mass is 260 g/mol. The molecule has 2 unspecified atom stereocenters. The molecule has 1 amide bonds. The number of hydrogen-bond donors (Lipinski definition) is 1. The van der Waals surface area contributed by atoms with Gasteiger partial charge in [-0.2, -0.15) is 0 Å². The van der Waals surface area contributed by atoms with Gasteiger partial charge >= 0.3 is 5.97 Å². The van der Waals surface area contributed by atoms with Gasteiger partial charge in [0.15, 0.2) is 0 Å². The van der Waals surface area contributed by atoms with Gasteiger partial charge in [0.25, 0.3) is 0 Å². The van der Waals surface area contributed by atoms with Gasteiger partial charge in [0.1, 0.15) is 6.04 Å². The molecular formula is C11H20N2O3S. The second kappa shape index (κ2) is 6.86. The summed E-state index contributed by atoms with van der Waals surface area (Å²) in [5.41, 5.74) is 5.61. The van der Waals surface area contributed by atoms with Crippen LogP contribution in [0.25, 0.3) is 0 Å². The summed E-state index contributed by atoms with van der Waals surface area (Å²) in [5, 5.41) is -0.149. The average Bonchev–Trinajstić information content (AvgIpc) is 2.87. The zero-order valence-electron chi connectivity index (χ0n) is 10.3. The molecule has 0 radical (unpaired) electrons. The van der Waals surface area contributed by atoms with Crippen LogP contribution >= 0.6 is 11.8 Å². The van der Waals surface area contributed by atoms with Gasteiger partial charge in [-0.25, -0.2) is 0 Å². The van der Waals surface area contributed by atoms with Crippen molar-refractivity contribution in [1.29, 1.82) is 0 Å². The number of rotatable bonds is 5. The quantitative estimate of drug-likeness (QED) is 0.716. The zero-order chi connectivity index (χ0) is 12.8. The van der Waals surface area contributed by atoms with Crippen molar-refractivity contribution in [3.05, 3.63) is 0 Å². The smallest absolute Gasteiger partial charge is 0.323 e. The zero-order valence-corrected chi connectivity index (χ0v) is 11.2. The summed E-state index contributed by atoms with van der Waals surface area (Å²) in [6, 6.07) is -0.654. The molecule has 0 aromatic rings. The summed E-state index contributed by atoms with van der Waals surface area (Å²) in [6.45, 7) is 3.56. The van der Waals surface area contributed by atoms with Crippen LogP contribution in [0.4, 0.5) is 0 Å². The van der Waals surface area contributed by atoms with Crippen LogP contribution in [0.15, 0.2) is 0 Å². The van der Waals surface area contributed by atoms with E-state index in [1.54, 1.807) is 0 Å². The Morgan fingerprint density at radius 3 is 2.53 bits per heavy atom. The maximum absolute atomic E-state index is 11.9. The summed E-state index contributed by atoms with van der Waals surface area (Å²) in [6.07, 6.45) is 2.18. The number of hydrogen-bond acceptors (Lipinski definition) is 5. The minimum atomic E-state index is -0.654. The van der Waals surface area contributed by atoms with Crippen molar-refractivity contribution < 1.29 is 14.3 Å². The van der Waals surface area contributed by atoms with Gasteiger partial charge in [0, 0.05) is 18.8 Å². The highest BCUT2D eigenvalue weighted by Crippen LogP contribution is 2.17. The molecule has 0 aliphatic carbocycles. The Labute approximate surface area is 106 Å². The molecule has 0 bridgehead atoms. The van der Waals surface area contributed by atoms with E-state index >= 15 is 0 Å². The molecule has 17 heavy (non-hydrogen) atoms. The van der Waals surface area contributed by atoms with E-state index in [9.17, 15) is 9.59 Å². The maximum atomic E-state index is 11.9. The average molecular weight is 260 g/mol. The predicted octanol–water partition coefficient (Wildman–Crippen LogP) is 0.231. The van der Waals surface area contributed by atoms with Gasteiger partial charge in [-0.3, -0.25) is 9.59 Å². The number of thioether (sulfide) groups is 1. The molecule has 1 fully saturated rings. The number of likely N-dealkylation sites (tertiary alicyclic amines) is 1. The van der Waals surface area contributed by atoms with E-state index in [4.69, 9.17) is 5.73 Å². The van der Waals surface area contributed by atoms with E-state index < -0.39 is 12.0 Å². The Kier molecular flexibility index (Phi) is 5.77. The minimum Gasteiger partial charge on any atom is -0.468 e. The van der Waals surface area contributed by atoms with Gasteiger partial charge in [-0.15, -0.1) is 11.8 Å². The second-order valence-corrected chi connectivity index (χ2v) is 5.51. The number of nitrogens with zero attached hydrogens (tertiary/aromatic N) is 1. The Hall–Kier alpha value is -0.750. The minimum absolute atomic E-state index is 0.143. The highest BCUT2D eigenvalue weighted by Gasteiger charge is 2.25. The fourth-order valence-corrected chi connectivity index (χ4v) is 2.66. The molecule has 6 heteroatoms. The van der Waals surface area contributed by atoms with Gasteiger partial charge in [0.05, 0.1) is 12.4 Å². The van der Waals surface area contributed by atoms with Gasteiger partial charge in [0.2, 0.25) is 5.91 Å². The lowest BCUT2D eigenvalue weighted by molar-refractivity contribution is -0.141. The fourth-order valence-electron chi connectivity index (χ4n) is 1.73. The van der Waals surface area contributed by atoms with E-state index in [0.29, 0.717) is 5.75 Å². The third kappa shape index (κ3) is 4.20. The van der Waals surface area contributed by atoms with Gasteiger partial charge in [-0.05, 0) is 19.8 Å². The van der Waals surface area contributed by atoms with E-state index in [2.05, 4.69) is 4.74 Å². The van der Waals surface area contributed by atoms with E-state index in [1.807, 2.05) is 11.8 Å². The number of carbonyl (C=O) groups is 2. The molecular weight excluding hydrogens is 240 g/mol. The van der Waals surface area contributed by atoms with E-state index in [-0.39, 0.29) is 11.2 Å². The Morgan fingerprint density at radius 2 is 2.00 bits per heavy atom. The summed E-state index contributed by atoms with van der Waals surface area (Å²) < 4.78 is 4.53. The van der Waals surface area contributed by atoms with Crippen molar-refractivity contribution >= 4 is 23.6 Å². The van der Waals surface area contributed by atoms with Crippen LogP contribution in [0, 0.1) is 0 Å². The van der Waals surface area contributed by atoms with Gasteiger partial charge in [-0.1, -0.05) is 0 Å². The lowest BCUT2D eigenvalue weighted by Gasteiger charge is -2.20. The molecule has 1 aliphatic heterocycles. The summed E-state index contributed by atoms with van der Waals surface area (Å²) in [5.74, 6) is 0.121. The summed E-state index contributed by atoms with van der Waals surface area (Å²) >= 11 is 1.41.